The van der Waals surface area contributed by atoms with Gasteiger partial charge in [0, 0.05) is 12.1 Å². The van der Waals surface area contributed by atoms with Crippen molar-refractivity contribution in [3.8, 4) is 5.75 Å². The van der Waals surface area contributed by atoms with Gasteiger partial charge in [0.1, 0.15) is 5.75 Å². The van der Waals surface area contributed by atoms with E-state index in [9.17, 15) is 5.11 Å². The summed E-state index contributed by atoms with van der Waals surface area (Å²) in [5.74, 6) is 0.827. The van der Waals surface area contributed by atoms with Gasteiger partial charge in [-0.05, 0) is 50.9 Å². The monoisotopic (exact) mass is 249 g/mol. The first-order valence-corrected chi connectivity index (χ1v) is 6.71. The number of aliphatic hydroxyl groups excluding tert-OH is 1. The molecule has 1 heterocycles. The average Bonchev–Trinajstić information content (AvgIpc) is 2.83. The minimum absolute atomic E-state index is 0.163. The van der Waals surface area contributed by atoms with Gasteiger partial charge < -0.3 is 9.84 Å². The lowest BCUT2D eigenvalue weighted by atomic mass is 10.0. The lowest BCUT2D eigenvalue weighted by Gasteiger charge is -2.32. The minimum Gasteiger partial charge on any atom is -0.497 e. The summed E-state index contributed by atoms with van der Waals surface area (Å²) in [5.41, 5.74) is 0.961. The number of hydrogen-bond donors (Lipinski definition) is 1. The molecule has 0 saturated carbocycles. The second-order valence-electron chi connectivity index (χ2n) is 5.19. The van der Waals surface area contributed by atoms with Gasteiger partial charge in [0.2, 0.25) is 0 Å². The van der Waals surface area contributed by atoms with Gasteiger partial charge in [-0.25, -0.2) is 0 Å². The first-order valence-electron chi connectivity index (χ1n) is 6.71. The van der Waals surface area contributed by atoms with Crippen LogP contribution in [0.15, 0.2) is 24.3 Å². The normalized spacial score (nSPS) is 23.9. The van der Waals surface area contributed by atoms with Crippen molar-refractivity contribution >= 4 is 0 Å². The van der Waals surface area contributed by atoms with Crippen molar-refractivity contribution in [1.29, 1.82) is 0 Å². The van der Waals surface area contributed by atoms with Crippen LogP contribution in [-0.4, -0.2) is 35.7 Å². The van der Waals surface area contributed by atoms with Crippen LogP contribution < -0.4 is 4.74 Å². The fourth-order valence-corrected chi connectivity index (χ4v) is 2.82. The van der Waals surface area contributed by atoms with Crippen LogP contribution in [0.3, 0.4) is 0 Å². The fraction of sp³-hybridized carbons (Fsp3) is 0.600. The third-order valence-corrected chi connectivity index (χ3v) is 4.04. The summed E-state index contributed by atoms with van der Waals surface area (Å²) in [6.07, 6.45) is 2.04. The Balaban J connectivity index is 2.07. The predicted molar refractivity (Wildman–Crippen MR) is 72.8 cm³/mol. The van der Waals surface area contributed by atoms with Gasteiger partial charge in [-0.15, -0.1) is 0 Å². The highest BCUT2D eigenvalue weighted by molar-refractivity contribution is 5.29. The van der Waals surface area contributed by atoms with E-state index in [0.29, 0.717) is 6.04 Å². The molecule has 2 rings (SSSR count). The van der Waals surface area contributed by atoms with E-state index < -0.39 is 6.10 Å². The summed E-state index contributed by atoms with van der Waals surface area (Å²) >= 11 is 0. The highest BCUT2D eigenvalue weighted by Gasteiger charge is 2.29. The lowest BCUT2D eigenvalue weighted by Crippen LogP contribution is -2.39. The van der Waals surface area contributed by atoms with Crippen molar-refractivity contribution in [3.63, 3.8) is 0 Å². The summed E-state index contributed by atoms with van der Waals surface area (Å²) in [6.45, 7) is 5.44. The molecule has 0 radical (unpaired) electrons. The standard InChI is InChI=1S/C15H23NO2/c1-11-5-4-10-16(11)12(2)15(17)13-6-8-14(18-3)9-7-13/h6-9,11-12,15,17H,4-5,10H2,1-3H3. The number of aliphatic hydroxyl groups is 1. The van der Waals surface area contributed by atoms with Crippen molar-refractivity contribution in [2.75, 3.05) is 13.7 Å². The number of nitrogens with zero attached hydrogens (tertiary/aromatic N) is 1. The van der Waals surface area contributed by atoms with Crippen molar-refractivity contribution in [3.05, 3.63) is 29.8 Å². The highest BCUT2D eigenvalue weighted by Crippen LogP contribution is 2.28. The molecule has 0 aromatic heterocycles. The molecular weight excluding hydrogens is 226 g/mol. The Morgan fingerprint density at radius 2 is 2.00 bits per heavy atom. The molecule has 1 N–H and O–H groups in total. The van der Waals surface area contributed by atoms with Crippen molar-refractivity contribution < 1.29 is 9.84 Å². The van der Waals surface area contributed by atoms with E-state index in [4.69, 9.17) is 4.74 Å². The quantitative estimate of drug-likeness (QED) is 0.890. The zero-order chi connectivity index (χ0) is 13.1. The van der Waals surface area contributed by atoms with Gasteiger partial charge >= 0.3 is 0 Å². The number of methoxy groups -OCH3 is 1. The van der Waals surface area contributed by atoms with E-state index in [2.05, 4.69) is 18.7 Å². The molecule has 1 aromatic carbocycles. The van der Waals surface area contributed by atoms with Crippen LogP contribution in [0.1, 0.15) is 38.4 Å². The molecule has 3 heteroatoms. The maximum absolute atomic E-state index is 10.4. The van der Waals surface area contributed by atoms with Crippen LogP contribution >= 0.6 is 0 Å². The second-order valence-corrected chi connectivity index (χ2v) is 5.19. The summed E-state index contributed by atoms with van der Waals surface area (Å²) in [4.78, 5) is 2.40. The first-order chi connectivity index (χ1) is 8.63. The average molecular weight is 249 g/mol. The van der Waals surface area contributed by atoms with Gasteiger partial charge in [0.15, 0.2) is 0 Å². The summed E-state index contributed by atoms with van der Waals surface area (Å²) < 4.78 is 5.13. The molecule has 0 bridgehead atoms. The van der Waals surface area contributed by atoms with E-state index in [0.717, 1.165) is 17.9 Å². The van der Waals surface area contributed by atoms with Crippen LogP contribution in [0.2, 0.25) is 0 Å². The predicted octanol–water partition coefficient (Wildman–Crippen LogP) is 2.60. The van der Waals surface area contributed by atoms with E-state index in [-0.39, 0.29) is 6.04 Å². The SMILES string of the molecule is COc1ccc(C(O)C(C)N2CCCC2C)cc1. The third-order valence-electron chi connectivity index (χ3n) is 4.04. The molecule has 1 aromatic rings. The number of rotatable bonds is 4. The number of hydrogen-bond acceptors (Lipinski definition) is 3. The Kier molecular flexibility index (Phi) is 4.25. The van der Waals surface area contributed by atoms with Gasteiger partial charge in [0.25, 0.3) is 0 Å². The van der Waals surface area contributed by atoms with E-state index >= 15 is 0 Å². The van der Waals surface area contributed by atoms with E-state index in [1.54, 1.807) is 7.11 Å². The Bertz CT molecular complexity index is 377. The molecular formula is C15H23NO2. The van der Waals surface area contributed by atoms with E-state index in [1.165, 1.54) is 12.8 Å². The molecule has 0 spiro atoms. The molecule has 1 fully saturated rings. The molecule has 3 atom stereocenters. The molecule has 0 aliphatic carbocycles. The zero-order valence-corrected chi connectivity index (χ0v) is 11.5. The molecule has 3 unspecified atom stereocenters. The third kappa shape index (κ3) is 2.68. The molecule has 100 valence electrons. The Hall–Kier alpha value is -1.06. The summed E-state index contributed by atoms with van der Waals surface area (Å²) in [6, 6.07) is 8.43. The highest BCUT2D eigenvalue weighted by atomic mass is 16.5. The van der Waals surface area contributed by atoms with Crippen LogP contribution in [0.4, 0.5) is 0 Å². The maximum Gasteiger partial charge on any atom is 0.118 e. The zero-order valence-electron chi connectivity index (χ0n) is 11.5. The van der Waals surface area contributed by atoms with Crippen molar-refractivity contribution in [1.82, 2.24) is 4.90 Å². The number of ether oxygens (including phenoxy) is 1. The number of likely N-dealkylation sites (tertiary alicyclic amines) is 1. The minimum atomic E-state index is -0.434. The van der Waals surface area contributed by atoms with Crippen molar-refractivity contribution in [2.45, 2.75) is 44.9 Å². The second kappa shape index (κ2) is 5.72. The van der Waals surface area contributed by atoms with Gasteiger partial charge in [-0.3, -0.25) is 4.90 Å². The van der Waals surface area contributed by atoms with Crippen LogP contribution in [0.25, 0.3) is 0 Å². The van der Waals surface area contributed by atoms with Crippen molar-refractivity contribution in [2.24, 2.45) is 0 Å². The Morgan fingerprint density at radius 3 is 2.50 bits per heavy atom. The Morgan fingerprint density at radius 1 is 1.33 bits per heavy atom. The smallest absolute Gasteiger partial charge is 0.118 e. The van der Waals surface area contributed by atoms with E-state index in [1.807, 2.05) is 24.3 Å². The first kappa shape index (κ1) is 13.4. The van der Waals surface area contributed by atoms with Crippen LogP contribution in [0, 0.1) is 0 Å². The largest absolute Gasteiger partial charge is 0.497 e. The van der Waals surface area contributed by atoms with Gasteiger partial charge in [0.05, 0.1) is 13.2 Å². The molecule has 1 saturated heterocycles. The van der Waals surface area contributed by atoms with Gasteiger partial charge in [-0.2, -0.15) is 0 Å². The van der Waals surface area contributed by atoms with Crippen LogP contribution in [0.5, 0.6) is 5.75 Å². The van der Waals surface area contributed by atoms with Crippen LogP contribution in [-0.2, 0) is 0 Å². The molecule has 3 nitrogen and oxygen atoms in total. The summed E-state index contributed by atoms with van der Waals surface area (Å²) in [5, 5.41) is 10.4. The molecule has 1 aliphatic rings. The van der Waals surface area contributed by atoms with Gasteiger partial charge in [-0.1, -0.05) is 12.1 Å². The molecule has 1 aliphatic heterocycles. The Labute approximate surface area is 109 Å². The maximum atomic E-state index is 10.4. The topological polar surface area (TPSA) is 32.7 Å². The summed E-state index contributed by atoms with van der Waals surface area (Å²) in [7, 11) is 1.65. The fourth-order valence-electron chi connectivity index (χ4n) is 2.82. The lowest BCUT2D eigenvalue weighted by molar-refractivity contribution is 0.0542. The molecule has 18 heavy (non-hydrogen) atoms. The molecule has 0 amide bonds. The number of benzene rings is 1.